The number of esters is 1. The molecule has 0 fully saturated rings. The Bertz CT molecular complexity index is 1880. The number of benzene rings is 3. The Morgan fingerprint density at radius 1 is 1.14 bits per heavy atom. The molecule has 3 aromatic carbocycles. The van der Waals surface area contributed by atoms with E-state index < -0.39 is 12.0 Å². The van der Waals surface area contributed by atoms with Crippen LogP contribution in [0.4, 0.5) is 0 Å². The van der Waals surface area contributed by atoms with Crippen LogP contribution in [0.2, 0.25) is 10.0 Å². The summed E-state index contributed by atoms with van der Waals surface area (Å²) in [6, 6.07) is 17.5. The largest absolute Gasteiger partial charge is 0.493 e. The molecule has 0 N–H and O–H groups in total. The van der Waals surface area contributed by atoms with Crippen LogP contribution >= 0.6 is 57.1 Å². The van der Waals surface area contributed by atoms with Crippen molar-refractivity contribution in [1.82, 2.24) is 4.57 Å². The van der Waals surface area contributed by atoms with Crippen molar-refractivity contribution < 1.29 is 19.0 Å². The van der Waals surface area contributed by atoms with E-state index in [4.69, 9.17) is 37.4 Å². The summed E-state index contributed by atoms with van der Waals surface area (Å²) in [5.41, 5.74) is 2.79. The molecule has 0 saturated carbocycles. The van der Waals surface area contributed by atoms with Gasteiger partial charge in [0.2, 0.25) is 0 Å². The number of allylic oxidation sites excluding steroid dienone is 1. The van der Waals surface area contributed by atoms with Gasteiger partial charge in [0, 0.05) is 10.0 Å². The molecule has 0 radical (unpaired) electrons. The van der Waals surface area contributed by atoms with Crippen LogP contribution in [0.15, 0.2) is 81.7 Å². The van der Waals surface area contributed by atoms with E-state index >= 15 is 0 Å². The molecular weight excluding hydrogens is 710 g/mol. The topological polar surface area (TPSA) is 79.1 Å². The second-order valence-electron chi connectivity index (χ2n) is 9.27. The maximum Gasteiger partial charge on any atom is 0.338 e. The molecule has 1 atom stereocenters. The molecule has 0 bridgehead atoms. The number of halogens is 3. The van der Waals surface area contributed by atoms with Crippen LogP contribution < -0.4 is 24.4 Å². The van der Waals surface area contributed by atoms with E-state index in [1.807, 2.05) is 42.5 Å². The first kappa shape index (κ1) is 30.3. The lowest BCUT2D eigenvalue weighted by Crippen LogP contribution is -2.40. The van der Waals surface area contributed by atoms with E-state index in [1.165, 1.54) is 15.9 Å². The summed E-state index contributed by atoms with van der Waals surface area (Å²) in [4.78, 5) is 32.1. The van der Waals surface area contributed by atoms with Gasteiger partial charge in [-0.05, 0) is 89.5 Å². The van der Waals surface area contributed by atoms with Gasteiger partial charge in [0.15, 0.2) is 16.3 Å². The number of hydrogen-bond acceptors (Lipinski definition) is 7. The predicted octanol–water partition coefficient (Wildman–Crippen LogP) is 6.30. The highest BCUT2D eigenvalue weighted by Gasteiger charge is 2.34. The lowest BCUT2D eigenvalue weighted by atomic mass is 9.96. The van der Waals surface area contributed by atoms with Crippen molar-refractivity contribution in [2.24, 2.45) is 4.99 Å². The lowest BCUT2D eigenvalue weighted by molar-refractivity contribution is -0.139. The number of nitrogens with zero attached hydrogens (tertiary/aromatic N) is 2. The van der Waals surface area contributed by atoms with E-state index in [2.05, 4.69) is 27.6 Å². The van der Waals surface area contributed by atoms with Gasteiger partial charge in [0.1, 0.15) is 12.6 Å². The van der Waals surface area contributed by atoms with Crippen LogP contribution in [-0.2, 0) is 16.1 Å². The van der Waals surface area contributed by atoms with E-state index in [1.54, 1.807) is 45.2 Å². The fourth-order valence-corrected chi connectivity index (χ4v) is 6.83. The summed E-state index contributed by atoms with van der Waals surface area (Å²) in [6.45, 7) is 4.00. The van der Waals surface area contributed by atoms with Crippen molar-refractivity contribution in [3.63, 3.8) is 0 Å². The standard InChI is InChI=1S/C31H25Cl2IN2O5S/c1-4-40-30(38)26-17(2)35-31-36(27(26)21-7-5-6-8-22(21)33)29(37)25(42-31)15-19-13-23(34)28(24(14-19)39-3)41-16-18-9-11-20(32)12-10-18/h5-15,27H,4,16H2,1-3H3/b25-15-/t27-/m0/s1. The molecule has 0 spiro atoms. The van der Waals surface area contributed by atoms with Gasteiger partial charge >= 0.3 is 5.97 Å². The van der Waals surface area contributed by atoms with Crippen LogP contribution in [0.3, 0.4) is 0 Å². The minimum atomic E-state index is -0.783. The highest BCUT2D eigenvalue weighted by atomic mass is 127. The lowest BCUT2D eigenvalue weighted by Gasteiger charge is -2.25. The van der Waals surface area contributed by atoms with Crippen LogP contribution in [0.1, 0.15) is 36.6 Å². The van der Waals surface area contributed by atoms with Crippen LogP contribution in [-0.4, -0.2) is 24.3 Å². The second-order valence-corrected chi connectivity index (χ2v) is 12.3. The summed E-state index contributed by atoms with van der Waals surface area (Å²) in [5.74, 6) is 0.593. The molecule has 1 aliphatic heterocycles. The van der Waals surface area contributed by atoms with Crippen molar-refractivity contribution in [3.8, 4) is 11.5 Å². The van der Waals surface area contributed by atoms with Crippen molar-refractivity contribution in [3.05, 3.63) is 122 Å². The number of carbonyl (C=O) groups is 1. The Hall–Kier alpha value is -3.12. The third kappa shape index (κ3) is 6.15. The minimum Gasteiger partial charge on any atom is -0.493 e. The number of methoxy groups -OCH3 is 1. The van der Waals surface area contributed by atoms with Crippen molar-refractivity contribution in [2.45, 2.75) is 26.5 Å². The molecule has 11 heteroatoms. The smallest absolute Gasteiger partial charge is 0.338 e. The fourth-order valence-electron chi connectivity index (χ4n) is 4.63. The van der Waals surface area contributed by atoms with E-state index in [0.29, 0.717) is 48.7 Å². The molecule has 216 valence electrons. The summed E-state index contributed by atoms with van der Waals surface area (Å²) >= 11 is 16.0. The van der Waals surface area contributed by atoms with Crippen molar-refractivity contribution in [2.75, 3.05) is 13.7 Å². The number of aromatic nitrogens is 1. The first-order valence-corrected chi connectivity index (χ1v) is 15.6. The molecule has 5 rings (SSSR count). The first-order chi connectivity index (χ1) is 20.2. The van der Waals surface area contributed by atoms with Crippen LogP contribution in [0.5, 0.6) is 11.5 Å². The van der Waals surface area contributed by atoms with Gasteiger partial charge in [-0.25, -0.2) is 9.79 Å². The van der Waals surface area contributed by atoms with E-state index in [-0.39, 0.29) is 17.7 Å². The average molecular weight is 735 g/mol. The Balaban J connectivity index is 1.58. The van der Waals surface area contributed by atoms with Gasteiger partial charge in [-0.1, -0.05) is 64.9 Å². The normalized spacial score (nSPS) is 14.8. The number of thiazole rings is 1. The highest BCUT2D eigenvalue weighted by Crippen LogP contribution is 2.36. The Labute approximate surface area is 269 Å². The molecule has 2 heterocycles. The van der Waals surface area contributed by atoms with Gasteiger partial charge in [-0.2, -0.15) is 0 Å². The molecule has 1 aliphatic rings. The van der Waals surface area contributed by atoms with Crippen LogP contribution in [0, 0.1) is 3.57 Å². The predicted molar refractivity (Wildman–Crippen MR) is 173 cm³/mol. The quantitative estimate of drug-likeness (QED) is 0.157. The zero-order valence-electron chi connectivity index (χ0n) is 22.8. The summed E-state index contributed by atoms with van der Waals surface area (Å²) in [7, 11) is 1.57. The summed E-state index contributed by atoms with van der Waals surface area (Å²) < 4.78 is 19.9. The first-order valence-electron chi connectivity index (χ1n) is 12.9. The molecule has 4 aromatic rings. The number of carbonyl (C=O) groups excluding carboxylic acids is 1. The van der Waals surface area contributed by atoms with Gasteiger partial charge in [0.05, 0.1) is 33.1 Å². The Kier molecular flexibility index (Phi) is 9.41. The summed E-state index contributed by atoms with van der Waals surface area (Å²) in [5, 5.41) is 1.09. The zero-order valence-corrected chi connectivity index (χ0v) is 27.3. The molecular formula is C31H25Cl2IN2O5S. The fraction of sp³-hybridized carbons (Fsp3) is 0.194. The molecule has 42 heavy (non-hydrogen) atoms. The molecule has 0 unspecified atom stereocenters. The zero-order chi connectivity index (χ0) is 30.0. The number of hydrogen-bond donors (Lipinski definition) is 0. The number of rotatable bonds is 8. The maximum atomic E-state index is 13.9. The Morgan fingerprint density at radius 2 is 1.88 bits per heavy atom. The molecule has 0 aliphatic carbocycles. The van der Waals surface area contributed by atoms with Crippen molar-refractivity contribution in [1.29, 1.82) is 0 Å². The third-order valence-electron chi connectivity index (χ3n) is 6.56. The maximum absolute atomic E-state index is 13.9. The van der Waals surface area contributed by atoms with Crippen LogP contribution in [0.25, 0.3) is 6.08 Å². The second kappa shape index (κ2) is 13.0. The van der Waals surface area contributed by atoms with Gasteiger partial charge in [-0.3, -0.25) is 9.36 Å². The average Bonchev–Trinajstić information content (AvgIpc) is 3.26. The number of ether oxygens (including phenoxy) is 3. The van der Waals surface area contributed by atoms with E-state index in [9.17, 15) is 9.59 Å². The summed E-state index contributed by atoms with van der Waals surface area (Å²) in [6.07, 6.45) is 1.78. The van der Waals surface area contributed by atoms with Crippen molar-refractivity contribution >= 4 is 69.2 Å². The highest BCUT2D eigenvalue weighted by molar-refractivity contribution is 14.1. The molecule has 0 amide bonds. The molecule has 1 aromatic heterocycles. The SMILES string of the molecule is CCOC(=O)C1=C(C)N=c2s/c(=C\c3cc(I)c(OCc4ccc(Cl)cc4)c(OC)c3)c(=O)n2[C@H]1c1ccccc1Cl. The van der Waals surface area contributed by atoms with Gasteiger partial charge < -0.3 is 14.2 Å². The van der Waals surface area contributed by atoms with Gasteiger partial charge in [-0.15, -0.1) is 0 Å². The minimum absolute atomic E-state index is 0.190. The Morgan fingerprint density at radius 3 is 2.57 bits per heavy atom. The van der Waals surface area contributed by atoms with Gasteiger partial charge in [0.25, 0.3) is 5.56 Å². The molecule has 0 saturated heterocycles. The van der Waals surface area contributed by atoms with E-state index in [0.717, 1.165) is 14.7 Å². The molecule has 7 nitrogen and oxygen atoms in total. The monoisotopic (exact) mass is 734 g/mol. The third-order valence-corrected chi connectivity index (χ3v) is 8.94. The number of fused-ring (bicyclic) bond motifs is 1.